The summed E-state index contributed by atoms with van der Waals surface area (Å²) in [7, 11) is 0. The molecule has 0 aliphatic rings. The first-order valence-corrected chi connectivity index (χ1v) is 6.57. The van der Waals surface area contributed by atoms with Crippen LogP contribution >= 0.6 is 38.9 Å². The fourth-order valence-electron chi connectivity index (χ4n) is 1.18. The van der Waals surface area contributed by atoms with E-state index in [1.165, 1.54) is 11.3 Å². The van der Waals surface area contributed by atoms with Gasteiger partial charge in [0.15, 0.2) is 0 Å². The average Bonchev–Trinajstić information content (AvgIpc) is 2.75. The van der Waals surface area contributed by atoms with Crippen molar-refractivity contribution in [1.29, 1.82) is 0 Å². The zero-order chi connectivity index (χ0) is 11.5. The van der Waals surface area contributed by atoms with Crippen molar-refractivity contribution in [3.05, 3.63) is 50.1 Å². The Morgan fingerprint density at radius 1 is 1.38 bits per heavy atom. The van der Waals surface area contributed by atoms with Crippen LogP contribution in [-0.4, -0.2) is 5.91 Å². The SMILES string of the molecule is O=C(Nc1ccc(Br)cc1Cl)c1ccsc1. The fraction of sp³-hybridized carbons (Fsp3) is 0. The molecule has 0 fully saturated rings. The molecule has 0 spiro atoms. The number of thiophene rings is 1. The van der Waals surface area contributed by atoms with Gasteiger partial charge in [-0.25, -0.2) is 0 Å². The van der Waals surface area contributed by atoms with Crippen molar-refractivity contribution in [2.45, 2.75) is 0 Å². The van der Waals surface area contributed by atoms with E-state index in [2.05, 4.69) is 21.2 Å². The number of hydrogen-bond donors (Lipinski definition) is 1. The lowest BCUT2D eigenvalue weighted by Crippen LogP contribution is -2.10. The predicted molar refractivity (Wildman–Crippen MR) is 71.4 cm³/mol. The molecule has 2 aromatic rings. The number of nitrogens with one attached hydrogen (secondary N) is 1. The number of hydrogen-bond acceptors (Lipinski definition) is 2. The van der Waals surface area contributed by atoms with Crippen molar-refractivity contribution in [3.8, 4) is 0 Å². The number of carbonyl (C=O) groups is 1. The van der Waals surface area contributed by atoms with Gasteiger partial charge in [0.05, 0.1) is 16.3 Å². The largest absolute Gasteiger partial charge is 0.321 e. The van der Waals surface area contributed by atoms with Crippen LogP contribution < -0.4 is 5.32 Å². The molecule has 1 amide bonds. The summed E-state index contributed by atoms with van der Waals surface area (Å²) in [5.41, 5.74) is 1.25. The summed E-state index contributed by atoms with van der Waals surface area (Å²) < 4.78 is 0.881. The summed E-state index contributed by atoms with van der Waals surface area (Å²) in [4.78, 5) is 11.7. The van der Waals surface area contributed by atoms with Gasteiger partial charge in [-0.3, -0.25) is 4.79 Å². The molecule has 0 aliphatic heterocycles. The Morgan fingerprint density at radius 3 is 2.81 bits per heavy atom. The van der Waals surface area contributed by atoms with Crippen LogP contribution in [0.4, 0.5) is 5.69 Å². The molecule has 0 aliphatic carbocycles. The highest BCUT2D eigenvalue weighted by atomic mass is 79.9. The van der Waals surface area contributed by atoms with Crippen molar-refractivity contribution < 1.29 is 4.79 Å². The molecule has 0 bridgehead atoms. The van der Waals surface area contributed by atoms with Gasteiger partial charge in [-0.15, -0.1) is 0 Å². The number of amides is 1. The molecular weight excluding hydrogens is 310 g/mol. The lowest BCUT2D eigenvalue weighted by Gasteiger charge is -2.06. The number of halogens is 2. The normalized spacial score (nSPS) is 10.1. The first-order valence-electron chi connectivity index (χ1n) is 4.45. The van der Waals surface area contributed by atoms with Crippen molar-refractivity contribution in [3.63, 3.8) is 0 Å². The maximum Gasteiger partial charge on any atom is 0.256 e. The molecule has 2 rings (SSSR count). The van der Waals surface area contributed by atoms with E-state index in [1.54, 1.807) is 23.6 Å². The molecule has 0 saturated heterocycles. The van der Waals surface area contributed by atoms with Crippen molar-refractivity contribution in [2.24, 2.45) is 0 Å². The topological polar surface area (TPSA) is 29.1 Å². The average molecular weight is 317 g/mol. The zero-order valence-electron chi connectivity index (χ0n) is 8.04. The van der Waals surface area contributed by atoms with Gasteiger partial charge in [-0.2, -0.15) is 11.3 Å². The van der Waals surface area contributed by atoms with Gasteiger partial charge >= 0.3 is 0 Å². The second-order valence-corrected chi connectivity index (χ2v) is 5.19. The first kappa shape index (κ1) is 11.6. The zero-order valence-corrected chi connectivity index (χ0v) is 11.2. The third-order valence-electron chi connectivity index (χ3n) is 1.96. The molecule has 0 saturated carbocycles. The molecule has 1 heterocycles. The summed E-state index contributed by atoms with van der Waals surface area (Å²) in [6.07, 6.45) is 0. The van der Waals surface area contributed by atoms with Gasteiger partial charge < -0.3 is 5.32 Å². The Kier molecular flexibility index (Phi) is 3.63. The molecule has 16 heavy (non-hydrogen) atoms. The Hall–Kier alpha value is -0.840. The van der Waals surface area contributed by atoms with Gasteiger partial charge in [0, 0.05) is 9.85 Å². The van der Waals surface area contributed by atoms with Gasteiger partial charge in [-0.1, -0.05) is 27.5 Å². The highest BCUT2D eigenvalue weighted by Crippen LogP contribution is 2.26. The minimum atomic E-state index is -0.148. The van der Waals surface area contributed by atoms with Crippen molar-refractivity contribution >= 4 is 50.5 Å². The first-order chi connectivity index (χ1) is 7.66. The second kappa shape index (κ2) is 4.99. The van der Waals surface area contributed by atoms with Gasteiger partial charge in [0.1, 0.15) is 0 Å². The van der Waals surface area contributed by atoms with Crippen LogP contribution in [0, 0.1) is 0 Å². The number of carbonyl (C=O) groups excluding carboxylic acids is 1. The lowest BCUT2D eigenvalue weighted by molar-refractivity contribution is 0.102. The van der Waals surface area contributed by atoms with E-state index in [1.807, 2.05) is 11.4 Å². The van der Waals surface area contributed by atoms with Gasteiger partial charge in [0.25, 0.3) is 5.91 Å². The maximum absolute atomic E-state index is 11.7. The Labute approximate surface area is 110 Å². The predicted octanol–water partition coefficient (Wildman–Crippen LogP) is 4.42. The van der Waals surface area contributed by atoms with Gasteiger partial charge in [-0.05, 0) is 29.6 Å². The molecule has 1 N–H and O–H groups in total. The van der Waals surface area contributed by atoms with E-state index in [9.17, 15) is 4.79 Å². The summed E-state index contributed by atoms with van der Waals surface area (Å²) in [5, 5.41) is 6.92. The van der Waals surface area contributed by atoms with E-state index in [0.717, 1.165) is 4.47 Å². The third kappa shape index (κ3) is 2.64. The smallest absolute Gasteiger partial charge is 0.256 e. The Bertz CT molecular complexity index is 513. The number of benzene rings is 1. The minimum absolute atomic E-state index is 0.148. The highest BCUT2D eigenvalue weighted by molar-refractivity contribution is 9.10. The summed E-state index contributed by atoms with van der Waals surface area (Å²) in [6.45, 7) is 0. The monoisotopic (exact) mass is 315 g/mol. The van der Waals surface area contributed by atoms with Crippen LogP contribution in [0.3, 0.4) is 0 Å². The molecule has 5 heteroatoms. The van der Waals surface area contributed by atoms with Crippen molar-refractivity contribution in [1.82, 2.24) is 0 Å². The molecule has 82 valence electrons. The maximum atomic E-state index is 11.7. The summed E-state index contributed by atoms with van der Waals surface area (Å²) in [5.74, 6) is -0.148. The molecule has 0 atom stereocenters. The van der Waals surface area contributed by atoms with Crippen LogP contribution in [0.1, 0.15) is 10.4 Å². The molecule has 0 radical (unpaired) electrons. The van der Waals surface area contributed by atoms with Gasteiger partial charge in [0.2, 0.25) is 0 Å². The molecule has 0 unspecified atom stereocenters. The van der Waals surface area contributed by atoms with E-state index >= 15 is 0 Å². The standard InChI is InChI=1S/C11H7BrClNOS/c12-8-1-2-10(9(13)5-8)14-11(15)7-3-4-16-6-7/h1-6H,(H,14,15). The Morgan fingerprint density at radius 2 is 2.19 bits per heavy atom. The van der Waals surface area contributed by atoms with E-state index in [-0.39, 0.29) is 5.91 Å². The summed E-state index contributed by atoms with van der Waals surface area (Å²) in [6, 6.07) is 7.10. The molecule has 1 aromatic carbocycles. The lowest BCUT2D eigenvalue weighted by atomic mass is 10.3. The van der Waals surface area contributed by atoms with E-state index in [0.29, 0.717) is 16.3 Å². The van der Waals surface area contributed by atoms with Crippen LogP contribution in [0.5, 0.6) is 0 Å². The van der Waals surface area contributed by atoms with Crippen LogP contribution in [0.25, 0.3) is 0 Å². The van der Waals surface area contributed by atoms with E-state index in [4.69, 9.17) is 11.6 Å². The molecular formula is C11H7BrClNOS. The number of anilines is 1. The van der Waals surface area contributed by atoms with Crippen molar-refractivity contribution in [2.75, 3.05) is 5.32 Å². The molecule has 2 nitrogen and oxygen atoms in total. The second-order valence-electron chi connectivity index (χ2n) is 3.09. The quantitative estimate of drug-likeness (QED) is 0.873. The molecule has 1 aromatic heterocycles. The fourth-order valence-corrected chi connectivity index (χ4v) is 2.54. The van der Waals surface area contributed by atoms with Crippen LogP contribution in [0.15, 0.2) is 39.5 Å². The van der Waals surface area contributed by atoms with Crippen LogP contribution in [-0.2, 0) is 0 Å². The minimum Gasteiger partial charge on any atom is -0.321 e. The third-order valence-corrected chi connectivity index (χ3v) is 3.45. The van der Waals surface area contributed by atoms with E-state index < -0.39 is 0 Å². The highest BCUT2D eigenvalue weighted by Gasteiger charge is 2.08. The Balaban J connectivity index is 2.18. The number of rotatable bonds is 2. The summed E-state index contributed by atoms with van der Waals surface area (Å²) >= 11 is 10.8. The van der Waals surface area contributed by atoms with Crippen LogP contribution in [0.2, 0.25) is 5.02 Å².